The monoisotopic (exact) mass is 389 g/mol. The van der Waals surface area contributed by atoms with Crippen molar-refractivity contribution >= 4 is 16.9 Å². The number of hydrogen-bond acceptors (Lipinski definition) is 5. The van der Waals surface area contributed by atoms with Gasteiger partial charge >= 0.3 is 0 Å². The first kappa shape index (κ1) is 18.8. The van der Waals surface area contributed by atoms with E-state index < -0.39 is 6.04 Å². The van der Waals surface area contributed by atoms with Gasteiger partial charge in [0.25, 0.3) is 0 Å². The minimum atomic E-state index is -0.557. The number of rotatable bonds is 7. The van der Waals surface area contributed by atoms with Crippen molar-refractivity contribution in [2.24, 2.45) is 5.92 Å². The van der Waals surface area contributed by atoms with Crippen LogP contribution in [0.1, 0.15) is 37.3 Å². The highest BCUT2D eigenvalue weighted by atomic mass is 16.2. The summed E-state index contributed by atoms with van der Waals surface area (Å²) >= 11 is 0. The molecule has 0 saturated heterocycles. The fourth-order valence-electron chi connectivity index (χ4n) is 3.37. The highest BCUT2D eigenvalue weighted by Gasteiger charge is 2.28. The second-order valence-electron chi connectivity index (χ2n) is 7.36. The number of carbonyl (C=O) groups is 1. The summed E-state index contributed by atoms with van der Waals surface area (Å²) in [6.07, 6.45) is 1.96. The van der Waals surface area contributed by atoms with Gasteiger partial charge in [0.05, 0.1) is 17.1 Å². The third-order valence-corrected chi connectivity index (χ3v) is 4.93. The van der Waals surface area contributed by atoms with Crippen molar-refractivity contribution in [2.45, 2.75) is 32.4 Å². The standard InChI is InChI=1S/C21H23N7O/c1-14(2)19(20-23-16-10-6-7-11-17(16)24-20)25-21(29)18(28-13-22-26-27-28)12-15-8-4-3-5-9-15/h3-11,13-14,18-19H,12H2,1-2H3,(H,23,24)(H,25,29). The molecular formula is C21H23N7O. The molecule has 2 aromatic carbocycles. The molecule has 4 aromatic rings. The van der Waals surface area contributed by atoms with E-state index in [0.717, 1.165) is 22.4 Å². The summed E-state index contributed by atoms with van der Waals surface area (Å²) in [4.78, 5) is 21.3. The van der Waals surface area contributed by atoms with Crippen LogP contribution >= 0.6 is 0 Å². The van der Waals surface area contributed by atoms with Gasteiger partial charge in [-0.2, -0.15) is 0 Å². The second-order valence-corrected chi connectivity index (χ2v) is 7.36. The van der Waals surface area contributed by atoms with Gasteiger partial charge in [0.2, 0.25) is 5.91 Å². The lowest BCUT2D eigenvalue weighted by atomic mass is 10.0. The van der Waals surface area contributed by atoms with Crippen LogP contribution in [0.5, 0.6) is 0 Å². The molecule has 148 valence electrons. The Bertz CT molecular complexity index is 1040. The van der Waals surface area contributed by atoms with Crippen LogP contribution in [0.15, 0.2) is 60.9 Å². The average Bonchev–Trinajstić information content (AvgIpc) is 3.40. The van der Waals surface area contributed by atoms with Gasteiger partial charge in [0, 0.05) is 6.42 Å². The van der Waals surface area contributed by atoms with E-state index in [1.54, 1.807) is 0 Å². The molecule has 2 N–H and O–H groups in total. The Labute approximate surface area is 168 Å². The van der Waals surface area contributed by atoms with Gasteiger partial charge < -0.3 is 10.3 Å². The second kappa shape index (κ2) is 8.22. The van der Waals surface area contributed by atoms with Crippen LogP contribution in [-0.4, -0.2) is 36.1 Å². The maximum Gasteiger partial charge on any atom is 0.245 e. The predicted molar refractivity (Wildman–Crippen MR) is 109 cm³/mol. The molecule has 8 heteroatoms. The average molecular weight is 389 g/mol. The zero-order valence-corrected chi connectivity index (χ0v) is 16.4. The van der Waals surface area contributed by atoms with Crippen molar-refractivity contribution in [3.63, 3.8) is 0 Å². The number of para-hydroxylation sites is 2. The number of carbonyl (C=O) groups excluding carboxylic acids is 1. The van der Waals surface area contributed by atoms with Crippen LogP contribution in [0.3, 0.4) is 0 Å². The van der Waals surface area contributed by atoms with Crippen molar-refractivity contribution in [3.05, 3.63) is 72.3 Å². The topological polar surface area (TPSA) is 101 Å². The first-order chi connectivity index (χ1) is 14.1. The van der Waals surface area contributed by atoms with Crippen molar-refractivity contribution in [1.29, 1.82) is 0 Å². The molecule has 2 unspecified atom stereocenters. The Morgan fingerprint density at radius 2 is 1.86 bits per heavy atom. The van der Waals surface area contributed by atoms with E-state index in [-0.39, 0.29) is 17.9 Å². The van der Waals surface area contributed by atoms with Crippen LogP contribution in [0.25, 0.3) is 11.0 Å². The number of nitrogens with one attached hydrogen (secondary N) is 2. The Kier molecular flexibility index (Phi) is 5.33. The van der Waals surface area contributed by atoms with E-state index in [0.29, 0.717) is 6.42 Å². The summed E-state index contributed by atoms with van der Waals surface area (Å²) in [5.41, 5.74) is 2.86. The molecule has 0 saturated carbocycles. The van der Waals surface area contributed by atoms with E-state index in [9.17, 15) is 4.79 Å². The Morgan fingerprint density at radius 1 is 1.10 bits per heavy atom. The van der Waals surface area contributed by atoms with Crippen molar-refractivity contribution in [2.75, 3.05) is 0 Å². The molecule has 2 heterocycles. The minimum Gasteiger partial charge on any atom is -0.344 e. The molecule has 4 rings (SSSR count). The quantitative estimate of drug-likeness (QED) is 0.506. The minimum absolute atomic E-state index is 0.144. The summed E-state index contributed by atoms with van der Waals surface area (Å²) in [7, 11) is 0. The lowest BCUT2D eigenvalue weighted by Gasteiger charge is -2.24. The number of amides is 1. The maximum atomic E-state index is 13.3. The molecular weight excluding hydrogens is 366 g/mol. The summed E-state index contributed by atoms with van der Waals surface area (Å²) in [6, 6.07) is 16.9. The largest absolute Gasteiger partial charge is 0.344 e. The highest BCUT2D eigenvalue weighted by Crippen LogP contribution is 2.24. The fourth-order valence-corrected chi connectivity index (χ4v) is 3.37. The van der Waals surface area contributed by atoms with Gasteiger partial charge in [-0.3, -0.25) is 4.79 Å². The van der Waals surface area contributed by atoms with Crippen molar-refractivity contribution in [3.8, 4) is 0 Å². The lowest BCUT2D eigenvalue weighted by molar-refractivity contribution is -0.125. The summed E-state index contributed by atoms with van der Waals surface area (Å²) in [5, 5.41) is 14.5. The molecule has 0 aliphatic rings. The van der Waals surface area contributed by atoms with Gasteiger partial charge in [-0.1, -0.05) is 56.3 Å². The zero-order valence-electron chi connectivity index (χ0n) is 16.4. The van der Waals surface area contributed by atoms with Crippen LogP contribution in [0, 0.1) is 5.92 Å². The third kappa shape index (κ3) is 4.16. The molecule has 0 bridgehead atoms. The number of H-pyrrole nitrogens is 1. The zero-order chi connectivity index (χ0) is 20.2. The number of benzene rings is 2. The van der Waals surface area contributed by atoms with Gasteiger partial charge in [-0.05, 0) is 34.0 Å². The van der Waals surface area contributed by atoms with Gasteiger partial charge in [0.15, 0.2) is 0 Å². The molecule has 2 aromatic heterocycles. The van der Waals surface area contributed by atoms with Crippen LogP contribution in [-0.2, 0) is 11.2 Å². The Balaban J connectivity index is 1.60. The summed E-state index contributed by atoms with van der Waals surface area (Å²) in [6.45, 7) is 4.11. The number of tetrazole rings is 1. The molecule has 0 aliphatic heterocycles. The van der Waals surface area contributed by atoms with Gasteiger partial charge in [-0.25, -0.2) is 9.67 Å². The van der Waals surface area contributed by atoms with Crippen molar-refractivity contribution < 1.29 is 4.79 Å². The maximum absolute atomic E-state index is 13.3. The van der Waals surface area contributed by atoms with Gasteiger partial charge in [0.1, 0.15) is 18.2 Å². The van der Waals surface area contributed by atoms with Crippen LogP contribution < -0.4 is 5.32 Å². The van der Waals surface area contributed by atoms with E-state index >= 15 is 0 Å². The molecule has 1 amide bonds. The molecule has 29 heavy (non-hydrogen) atoms. The fraction of sp³-hybridized carbons (Fsp3) is 0.286. The highest BCUT2D eigenvalue weighted by molar-refractivity contribution is 5.81. The normalized spacial score (nSPS) is 13.5. The van der Waals surface area contributed by atoms with E-state index in [4.69, 9.17) is 0 Å². The predicted octanol–water partition coefficient (Wildman–Crippen LogP) is 2.85. The summed E-state index contributed by atoms with van der Waals surface area (Å²) in [5.74, 6) is 0.732. The van der Waals surface area contributed by atoms with E-state index in [2.05, 4.69) is 44.7 Å². The van der Waals surface area contributed by atoms with Crippen molar-refractivity contribution in [1.82, 2.24) is 35.5 Å². The number of aromatic nitrogens is 6. The Hall–Kier alpha value is -3.55. The van der Waals surface area contributed by atoms with Crippen LogP contribution in [0.2, 0.25) is 0 Å². The van der Waals surface area contributed by atoms with E-state index in [1.807, 2.05) is 54.6 Å². The van der Waals surface area contributed by atoms with E-state index in [1.165, 1.54) is 11.0 Å². The number of hydrogen-bond donors (Lipinski definition) is 2. The van der Waals surface area contributed by atoms with Gasteiger partial charge in [-0.15, -0.1) is 5.10 Å². The smallest absolute Gasteiger partial charge is 0.245 e. The molecule has 0 spiro atoms. The SMILES string of the molecule is CC(C)C(NC(=O)C(Cc1ccccc1)n1cnnn1)c1nc2ccccc2[nH]1. The number of imidazole rings is 1. The molecule has 0 fully saturated rings. The number of fused-ring (bicyclic) bond motifs is 1. The first-order valence-electron chi connectivity index (χ1n) is 9.63. The number of nitrogens with zero attached hydrogens (tertiary/aromatic N) is 5. The Morgan fingerprint density at radius 3 is 2.55 bits per heavy atom. The summed E-state index contributed by atoms with van der Waals surface area (Å²) < 4.78 is 1.50. The molecule has 0 radical (unpaired) electrons. The molecule has 0 aliphatic carbocycles. The lowest BCUT2D eigenvalue weighted by Crippen LogP contribution is -2.39. The number of aromatic amines is 1. The first-order valence-corrected chi connectivity index (χ1v) is 9.63. The van der Waals surface area contributed by atoms with Crippen LogP contribution in [0.4, 0.5) is 0 Å². The molecule has 8 nitrogen and oxygen atoms in total. The third-order valence-electron chi connectivity index (χ3n) is 4.93. The molecule has 2 atom stereocenters.